The summed E-state index contributed by atoms with van der Waals surface area (Å²) >= 11 is 0. The number of nitrogens with one attached hydrogen (secondary N) is 1. The lowest BCUT2D eigenvalue weighted by atomic mass is 10.2. The molecule has 1 aliphatic heterocycles. The van der Waals surface area contributed by atoms with E-state index in [0.717, 1.165) is 13.0 Å². The molecule has 1 aromatic heterocycles. The minimum absolute atomic E-state index is 0.321. The van der Waals surface area contributed by atoms with Gasteiger partial charge >= 0.3 is 0 Å². The number of rotatable bonds is 7. The van der Waals surface area contributed by atoms with Gasteiger partial charge in [-0.1, -0.05) is 12.8 Å². The number of unbranched alkanes of at least 4 members (excludes halogenated alkanes) is 1. The first-order chi connectivity index (χ1) is 10.7. The van der Waals surface area contributed by atoms with Crippen LogP contribution in [0.3, 0.4) is 0 Å². The fourth-order valence-corrected chi connectivity index (χ4v) is 2.78. The fourth-order valence-electron chi connectivity index (χ4n) is 2.78. The van der Waals surface area contributed by atoms with E-state index in [9.17, 15) is 4.39 Å². The quantitative estimate of drug-likeness (QED) is 0.785. The van der Waals surface area contributed by atoms with Gasteiger partial charge in [0.15, 0.2) is 11.6 Å². The summed E-state index contributed by atoms with van der Waals surface area (Å²) in [5.41, 5.74) is 0. The number of halogens is 1. The van der Waals surface area contributed by atoms with Crippen LogP contribution in [0.5, 0.6) is 0 Å². The number of likely N-dealkylation sites (tertiary alicyclic amines) is 1. The Bertz CT molecular complexity index is 444. The van der Waals surface area contributed by atoms with Crippen LogP contribution in [0.15, 0.2) is 6.20 Å². The summed E-state index contributed by atoms with van der Waals surface area (Å²) in [7, 11) is 3.55. The van der Waals surface area contributed by atoms with Crippen molar-refractivity contribution >= 4 is 11.8 Å². The lowest BCUT2D eigenvalue weighted by molar-refractivity contribution is 0.280. The molecule has 0 saturated carbocycles. The van der Waals surface area contributed by atoms with Gasteiger partial charge in [-0.2, -0.15) is 4.98 Å². The highest BCUT2D eigenvalue weighted by Crippen LogP contribution is 2.14. The number of aromatic nitrogens is 2. The zero-order valence-electron chi connectivity index (χ0n) is 13.8. The van der Waals surface area contributed by atoms with E-state index >= 15 is 0 Å². The van der Waals surface area contributed by atoms with E-state index in [1.54, 1.807) is 19.0 Å². The fraction of sp³-hybridized carbons (Fsp3) is 0.750. The van der Waals surface area contributed by atoms with Crippen LogP contribution in [0.2, 0.25) is 0 Å². The monoisotopic (exact) mass is 309 g/mol. The molecule has 0 bridgehead atoms. The van der Waals surface area contributed by atoms with Crippen molar-refractivity contribution < 1.29 is 4.39 Å². The van der Waals surface area contributed by atoms with E-state index < -0.39 is 5.82 Å². The largest absolute Gasteiger partial charge is 0.360 e. The summed E-state index contributed by atoms with van der Waals surface area (Å²) in [4.78, 5) is 12.4. The second-order valence-electron chi connectivity index (χ2n) is 6.15. The second-order valence-corrected chi connectivity index (χ2v) is 6.15. The Kier molecular flexibility index (Phi) is 6.83. The molecule has 0 spiro atoms. The van der Waals surface area contributed by atoms with E-state index in [-0.39, 0.29) is 0 Å². The highest BCUT2D eigenvalue weighted by atomic mass is 19.1. The molecule has 0 aromatic carbocycles. The van der Waals surface area contributed by atoms with Crippen LogP contribution in [-0.4, -0.2) is 55.1 Å². The van der Waals surface area contributed by atoms with E-state index in [1.807, 2.05) is 0 Å². The summed E-state index contributed by atoms with van der Waals surface area (Å²) in [6.07, 6.45) is 8.93. The predicted molar refractivity (Wildman–Crippen MR) is 88.9 cm³/mol. The van der Waals surface area contributed by atoms with Crippen molar-refractivity contribution in [2.45, 2.75) is 38.5 Å². The maximum absolute atomic E-state index is 13.5. The van der Waals surface area contributed by atoms with E-state index in [0.29, 0.717) is 11.8 Å². The van der Waals surface area contributed by atoms with Gasteiger partial charge in [-0.25, -0.2) is 9.37 Å². The summed E-state index contributed by atoms with van der Waals surface area (Å²) < 4.78 is 13.5. The van der Waals surface area contributed by atoms with Crippen LogP contribution >= 0.6 is 0 Å². The number of hydrogen-bond acceptors (Lipinski definition) is 5. The predicted octanol–water partition coefficient (Wildman–Crippen LogP) is 2.75. The molecule has 0 radical (unpaired) electrons. The van der Waals surface area contributed by atoms with Crippen molar-refractivity contribution in [2.75, 3.05) is 50.5 Å². The van der Waals surface area contributed by atoms with Gasteiger partial charge in [-0.05, 0) is 45.3 Å². The lowest BCUT2D eigenvalue weighted by Gasteiger charge is -2.19. The molecule has 0 aliphatic carbocycles. The molecule has 0 unspecified atom stereocenters. The zero-order valence-corrected chi connectivity index (χ0v) is 13.8. The molecule has 2 heterocycles. The van der Waals surface area contributed by atoms with Gasteiger partial charge in [0, 0.05) is 20.6 Å². The molecule has 2 rings (SSSR count). The molecule has 1 saturated heterocycles. The smallest absolute Gasteiger partial charge is 0.224 e. The molecule has 124 valence electrons. The minimum Gasteiger partial charge on any atom is -0.360 e. The standard InChI is InChI=1S/C16H28FN5/c1-21(2)15-14(17)13-19-16(20-15)18-9-5-8-12-22-10-6-3-4-7-11-22/h13H,3-12H2,1-2H3,(H,18,19,20). The SMILES string of the molecule is CN(C)c1nc(NCCCCN2CCCCCC2)ncc1F. The molecule has 1 fully saturated rings. The van der Waals surface area contributed by atoms with Crippen LogP contribution in [0.4, 0.5) is 16.2 Å². The normalized spacial score (nSPS) is 16.3. The topological polar surface area (TPSA) is 44.3 Å². The molecule has 6 heteroatoms. The molecule has 0 amide bonds. The zero-order chi connectivity index (χ0) is 15.8. The van der Waals surface area contributed by atoms with Gasteiger partial charge in [0.25, 0.3) is 0 Å². The highest BCUT2D eigenvalue weighted by molar-refractivity contribution is 5.42. The summed E-state index contributed by atoms with van der Waals surface area (Å²) in [6.45, 7) is 4.50. The number of hydrogen-bond donors (Lipinski definition) is 1. The van der Waals surface area contributed by atoms with Gasteiger partial charge < -0.3 is 15.1 Å². The Balaban J connectivity index is 1.67. The van der Waals surface area contributed by atoms with Crippen LogP contribution in [0.1, 0.15) is 38.5 Å². The second kappa shape index (κ2) is 8.88. The van der Waals surface area contributed by atoms with Crippen LogP contribution < -0.4 is 10.2 Å². The molecule has 22 heavy (non-hydrogen) atoms. The first-order valence-electron chi connectivity index (χ1n) is 8.33. The van der Waals surface area contributed by atoms with Crippen molar-refractivity contribution in [3.8, 4) is 0 Å². The Morgan fingerprint density at radius 3 is 2.59 bits per heavy atom. The Morgan fingerprint density at radius 2 is 1.91 bits per heavy atom. The molecular formula is C16H28FN5. The number of nitrogens with zero attached hydrogens (tertiary/aromatic N) is 4. The Labute approximate surface area is 132 Å². The van der Waals surface area contributed by atoms with Gasteiger partial charge in [0.05, 0.1) is 6.20 Å². The molecular weight excluding hydrogens is 281 g/mol. The Morgan fingerprint density at radius 1 is 1.18 bits per heavy atom. The van der Waals surface area contributed by atoms with Crippen LogP contribution in [-0.2, 0) is 0 Å². The minimum atomic E-state index is -0.392. The third-order valence-corrected chi connectivity index (χ3v) is 4.03. The number of anilines is 2. The van der Waals surface area contributed by atoms with Crippen molar-refractivity contribution in [1.29, 1.82) is 0 Å². The molecule has 1 N–H and O–H groups in total. The maximum atomic E-state index is 13.5. The first-order valence-corrected chi connectivity index (χ1v) is 8.33. The van der Waals surface area contributed by atoms with Crippen molar-refractivity contribution in [2.24, 2.45) is 0 Å². The average Bonchev–Trinajstić information content (AvgIpc) is 2.77. The van der Waals surface area contributed by atoms with Crippen molar-refractivity contribution in [3.05, 3.63) is 12.0 Å². The summed E-state index contributed by atoms with van der Waals surface area (Å²) in [5.74, 6) is 0.429. The highest BCUT2D eigenvalue weighted by Gasteiger charge is 2.09. The van der Waals surface area contributed by atoms with E-state index in [4.69, 9.17) is 0 Å². The van der Waals surface area contributed by atoms with Crippen LogP contribution in [0.25, 0.3) is 0 Å². The van der Waals surface area contributed by atoms with Gasteiger partial charge in [0.1, 0.15) is 0 Å². The first kappa shape index (κ1) is 16.9. The van der Waals surface area contributed by atoms with E-state index in [1.165, 1.54) is 57.9 Å². The van der Waals surface area contributed by atoms with Gasteiger partial charge in [0.2, 0.25) is 5.95 Å². The van der Waals surface area contributed by atoms with E-state index in [2.05, 4.69) is 20.2 Å². The average molecular weight is 309 g/mol. The summed E-state index contributed by atoms with van der Waals surface area (Å²) in [6, 6.07) is 0. The van der Waals surface area contributed by atoms with Crippen LogP contribution in [0, 0.1) is 5.82 Å². The molecule has 1 aromatic rings. The molecule has 0 atom stereocenters. The lowest BCUT2D eigenvalue weighted by Crippen LogP contribution is -2.26. The third kappa shape index (κ3) is 5.40. The van der Waals surface area contributed by atoms with Gasteiger partial charge in [-0.3, -0.25) is 0 Å². The van der Waals surface area contributed by atoms with Crippen molar-refractivity contribution in [3.63, 3.8) is 0 Å². The third-order valence-electron chi connectivity index (χ3n) is 4.03. The Hall–Kier alpha value is -1.43. The molecule has 1 aliphatic rings. The molecule has 5 nitrogen and oxygen atoms in total. The summed E-state index contributed by atoms with van der Waals surface area (Å²) in [5, 5.41) is 3.18. The maximum Gasteiger partial charge on any atom is 0.224 e. The van der Waals surface area contributed by atoms with Crippen molar-refractivity contribution in [1.82, 2.24) is 14.9 Å². The van der Waals surface area contributed by atoms with Gasteiger partial charge in [-0.15, -0.1) is 0 Å².